The highest BCUT2D eigenvalue weighted by Gasteiger charge is 1.95. The normalized spacial score (nSPS) is 10.0. The lowest BCUT2D eigenvalue weighted by Gasteiger charge is -2.06. The van der Waals surface area contributed by atoms with Crippen LogP contribution in [0.3, 0.4) is 0 Å². The lowest BCUT2D eigenvalue weighted by Crippen LogP contribution is -2.05. The summed E-state index contributed by atoms with van der Waals surface area (Å²) in [7, 11) is 5.66. The molecule has 78 valence electrons. The Morgan fingerprint density at radius 2 is 1.75 bits per heavy atom. The summed E-state index contributed by atoms with van der Waals surface area (Å²) in [5, 5.41) is 0. The average Bonchev–Trinajstić information content (AvgIpc) is 2.30. The first-order valence-electron chi connectivity index (χ1n) is 5.37. The summed E-state index contributed by atoms with van der Waals surface area (Å²) in [6, 6.07) is 17.8. The maximum Gasteiger partial charge on any atom is 0.118 e. The SMILES string of the molecule is [B]c1cccc(OCCc2ccccc2)c1. The molecule has 0 saturated carbocycles. The molecule has 2 radical (unpaired) electrons. The summed E-state index contributed by atoms with van der Waals surface area (Å²) in [6.07, 6.45) is 0.912. The molecule has 1 nitrogen and oxygen atoms in total. The van der Waals surface area contributed by atoms with Gasteiger partial charge >= 0.3 is 0 Å². The van der Waals surface area contributed by atoms with E-state index in [0.717, 1.165) is 17.6 Å². The van der Waals surface area contributed by atoms with Gasteiger partial charge in [-0.05, 0) is 17.7 Å². The third kappa shape index (κ3) is 3.16. The largest absolute Gasteiger partial charge is 0.493 e. The van der Waals surface area contributed by atoms with Gasteiger partial charge in [0.1, 0.15) is 13.6 Å². The van der Waals surface area contributed by atoms with Gasteiger partial charge in [0, 0.05) is 6.42 Å². The van der Waals surface area contributed by atoms with Crippen molar-refractivity contribution < 1.29 is 4.74 Å². The molecule has 0 fully saturated rings. The van der Waals surface area contributed by atoms with E-state index in [1.165, 1.54) is 5.56 Å². The van der Waals surface area contributed by atoms with Crippen molar-refractivity contribution in [1.82, 2.24) is 0 Å². The molecule has 0 amide bonds. The van der Waals surface area contributed by atoms with Gasteiger partial charge in [-0.3, -0.25) is 0 Å². The van der Waals surface area contributed by atoms with E-state index in [2.05, 4.69) is 12.1 Å². The van der Waals surface area contributed by atoms with E-state index in [9.17, 15) is 0 Å². The highest BCUT2D eigenvalue weighted by atomic mass is 16.5. The molecule has 0 bridgehead atoms. The number of hydrogen-bond acceptors (Lipinski definition) is 1. The van der Waals surface area contributed by atoms with Gasteiger partial charge in [0.15, 0.2) is 0 Å². The van der Waals surface area contributed by atoms with Crippen molar-refractivity contribution in [3.63, 3.8) is 0 Å². The minimum Gasteiger partial charge on any atom is -0.493 e. The van der Waals surface area contributed by atoms with Gasteiger partial charge in [-0.2, -0.15) is 0 Å². The number of benzene rings is 2. The Bertz CT molecular complexity index is 439. The van der Waals surface area contributed by atoms with E-state index < -0.39 is 0 Å². The molecule has 0 unspecified atom stereocenters. The fourth-order valence-electron chi connectivity index (χ4n) is 1.54. The van der Waals surface area contributed by atoms with Gasteiger partial charge in [-0.15, -0.1) is 0 Å². The van der Waals surface area contributed by atoms with Crippen molar-refractivity contribution in [3.8, 4) is 5.75 Å². The third-order valence-electron chi connectivity index (χ3n) is 2.36. The van der Waals surface area contributed by atoms with E-state index >= 15 is 0 Å². The van der Waals surface area contributed by atoms with Crippen LogP contribution in [0.4, 0.5) is 0 Å². The molecule has 2 aromatic rings. The highest BCUT2D eigenvalue weighted by Crippen LogP contribution is 2.08. The van der Waals surface area contributed by atoms with Crippen LogP contribution in [0.2, 0.25) is 0 Å². The zero-order valence-corrected chi connectivity index (χ0v) is 9.10. The minimum absolute atomic E-state index is 0.674. The Morgan fingerprint density at radius 1 is 0.938 bits per heavy atom. The van der Waals surface area contributed by atoms with Gasteiger partial charge < -0.3 is 4.74 Å². The molecule has 0 aliphatic rings. The summed E-state index contributed by atoms with van der Waals surface area (Å²) in [6.45, 7) is 0.674. The molecule has 0 spiro atoms. The van der Waals surface area contributed by atoms with Crippen molar-refractivity contribution >= 4 is 13.3 Å². The maximum atomic E-state index is 5.66. The second-order valence-electron chi connectivity index (χ2n) is 3.66. The minimum atomic E-state index is 0.674. The Labute approximate surface area is 97.5 Å². The van der Waals surface area contributed by atoms with E-state index in [4.69, 9.17) is 12.6 Å². The number of rotatable bonds is 4. The summed E-state index contributed by atoms with van der Waals surface area (Å²) in [5.74, 6) is 0.830. The number of hydrogen-bond donors (Lipinski definition) is 0. The molecule has 2 heteroatoms. The molecular weight excluding hydrogens is 195 g/mol. The smallest absolute Gasteiger partial charge is 0.118 e. The topological polar surface area (TPSA) is 9.23 Å². The van der Waals surface area contributed by atoms with Crippen molar-refractivity contribution in [3.05, 3.63) is 60.2 Å². The predicted octanol–water partition coefficient (Wildman–Crippen LogP) is 2.10. The molecule has 2 aromatic carbocycles. The molecule has 16 heavy (non-hydrogen) atoms. The number of ether oxygens (including phenoxy) is 1. The predicted molar refractivity (Wildman–Crippen MR) is 67.5 cm³/mol. The van der Waals surface area contributed by atoms with Gasteiger partial charge in [-0.1, -0.05) is 47.9 Å². The quantitative estimate of drug-likeness (QED) is 0.699. The summed E-state index contributed by atoms with van der Waals surface area (Å²) in [5.41, 5.74) is 2.02. The summed E-state index contributed by atoms with van der Waals surface area (Å²) in [4.78, 5) is 0. The lowest BCUT2D eigenvalue weighted by atomic mass is 9.96. The molecule has 0 aromatic heterocycles. The molecular formula is C14H13BO. The zero-order chi connectivity index (χ0) is 11.2. The van der Waals surface area contributed by atoms with Crippen LogP contribution in [0, 0.1) is 0 Å². The molecule has 2 rings (SSSR count). The van der Waals surface area contributed by atoms with Gasteiger partial charge in [0.2, 0.25) is 0 Å². The molecule has 0 heterocycles. The van der Waals surface area contributed by atoms with Crippen LogP contribution in [0.5, 0.6) is 5.75 Å². The Kier molecular flexibility index (Phi) is 3.65. The van der Waals surface area contributed by atoms with E-state index in [1.54, 1.807) is 0 Å². The monoisotopic (exact) mass is 208 g/mol. The van der Waals surface area contributed by atoms with Crippen LogP contribution in [-0.4, -0.2) is 14.5 Å². The second-order valence-corrected chi connectivity index (χ2v) is 3.66. The third-order valence-corrected chi connectivity index (χ3v) is 2.36. The molecule has 0 aliphatic carbocycles. The van der Waals surface area contributed by atoms with Crippen LogP contribution in [0.25, 0.3) is 0 Å². The Balaban J connectivity index is 1.85. The van der Waals surface area contributed by atoms with Crippen LogP contribution >= 0.6 is 0 Å². The van der Waals surface area contributed by atoms with Crippen LogP contribution < -0.4 is 10.2 Å². The summed E-state index contributed by atoms with van der Waals surface area (Å²) < 4.78 is 5.61. The Morgan fingerprint density at radius 3 is 2.50 bits per heavy atom. The van der Waals surface area contributed by atoms with Gasteiger partial charge in [0.05, 0.1) is 6.61 Å². The molecule has 0 atom stereocenters. The van der Waals surface area contributed by atoms with Crippen molar-refractivity contribution in [2.24, 2.45) is 0 Å². The van der Waals surface area contributed by atoms with Crippen molar-refractivity contribution in [1.29, 1.82) is 0 Å². The standard InChI is InChI=1S/C14H13BO/c15-13-7-4-8-14(11-13)16-10-9-12-5-2-1-3-6-12/h1-8,11H,9-10H2. The molecule has 0 aliphatic heterocycles. The maximum absolute atomic E-state index is 5.66. The van der Waals surface area contributed by atoms with Crippen molar-refractivity contribution in [2.75, 3.05) is 6.61 Å². The van der Waals surface area contributed by atoms with Crippen LogP contribution in [0.1, 0.15) is 5.56 Å². The zero-order valence-electron chi connectivity index (χ0n) is 9.10. The van der Waals surface area contributed by atoms with E-state index in [-0.39, 0.29) is 0 Å². The lowest BCUT2D eigenvalue weighted by molar-refractivity contribution is 0.322. The first-order valence-corrected chi connectivity index (χ1v) is 5.37. The first-order chi connectivity index (χ1) is 7.84. The first kappa shape index (κ1) is 10.8. The van der Waals surface area contributed by atoms with E-state index in [1.807, 2.05) is 42.5 Å². The highest BCUT2D eigenvalue weighted by molar-refractivity contribution is 6.32. The summed E-state index contributed by atoms with van der Waals surface area (Å²) >= 11 is 0. The van der Waals surface area contributed by atoms with Crippen LogP contribution in [0.15, 0.2) is 54.6 Å². The van der Waals surface area contributed by atoms with E-state index in [0.29, 0.717) is 6.61 Å². The van der Waals surface area contributed by atoms with Crippen LogP contribution in [-0.2, 0) is 6.42 Å². The second kappa shape index (κ2) is 5.41. The molecule has 0 saturated heterocycles. The van der Waals surface area contributed by atoms with Gasteiger partial charge in [-0.25, -0.2) is 0 Å². The Hall–Kier alpha value is -1.70. The molecule has 0 N–H and O–H groups in total. The fourth-order valence-corrected chi connectivity index (χ4v) is 1.54. The van der Waals surface area contributed by atoms with Gasteiger partial charge in [0.25, 0.3) is 0 Å². The average molecular weight is 208 g/mol. The van der Waals surface area contributed by atoms with Crippen molar-refractivity contribution in [2.45, 2.75) is 6.42 Å². The fraction of sp³-hybridized carbons (Fsp3) is 0.143.